The first-order valence-electron chi connectivity index (χ1n) is 9.13. The Hall–Kier alpha value is -2.88. The third-order valence-electron chi connectivity index (χ3n) is 5.05. The average Bonchev–Trinajstić information content (AvgIpc) is 3.17. The molecule has 4 nitrogen and oxygen atoms in total. The van der Waals surface area contributed by atoms with E-state index in [1.807, 2.05) is 4.90 Å². The first kappa shape index (κ1) is 16.6. The molecule has 26 heavy (non-hydrogen) atoms. The highest BCUT2D eigenvalue weighted by Gasteiger charge is 2.41. The fourth-order valence-corrected chi connectivity index (χ4v) is 3.69. The molecule has 3 aromatic rings. The van der Waals surface area contributed by atoms with Gasteiger partial charge in [-0.2, -0.15) is 5.10 Å². The monoisotopic (exact) mass is 345 g/mol. The van der Waals surface area contributed by atoms with E-state index >= 15 is 0 Å². The van der Waals surface area contributed by atoms with Gasteiger partial charge in [-0.1, -0.05) is 66.6 Å². The van der Waals surface area contributed by atoms with Crippen LogP contribution in [-0.2, 0) is 0 Å². The lowest BCUT2D eigenvalue weighted by Crippen LogP contribution is -2.30. The van der Waals surface area contributed by atoms with Crippen molar-refractivity contribution < 1.29 is 4.79 Å². The molecule has 0 bridgehead atoms. The van der Waals surface area contributed by atoms with Gasteiger partial charge in [-0.25, -0.2) is 0 Å². The summed E-state index contributed by atoms with van der Waals surface area (Å²) >= 11 is 0. The summed E-state index contributed by atoms with van der Waals surface area (Å²) in [6.45, 7) is 6.98. The van der Waals surface area contributed by atoms with E-state index in [0.717, 1.165) is 35.3 Å². The standard InChI is InChI=1S/C22H23N3O/c1-4-13-25-21(17-11-7-15(3)8-12-17)18-19(23-24-20(18)22(25)26)16-9-5-14(2)6-10-16/h5-12,21H,4,13H2,1-3H3,(H,23,24). The molecule has 0 spiro atoms. The highest BCUT2D eigenvalue weighted by Crippen LogP contribution is 2.42. The maximum absolute atomic E-state index is 13.0. The van der Waals surface area contributed by atoms with Crippen molar-refractivity contribution in [1.29, 1.82) is 0 Å². The number of hydrogen-bond donors (Lipinski definition) is 1. The van der Waals surface area contributed by atoms with Gasteiger partial charge in [-0.15, -0.1) is 0 Å². The summed E-state index contributed by atoms with van der Waals surface area (Å²) in [5, 5.41) is 7.51. The number of fused-ring (bicyclic) bond motifs is 1. The molecule has 1 N–H and O–H groups in total. The molecule has 0 aliphatic carbocycles. The molecule has 0 saturated heterocycles. The van der Waals surface area contributed by atoms with Crippen molar-refractivity contribution in [2.75, 3.05) is 6.54 Å². The molecule has 1 unspecified atom stereocenters. The Balaban J connectivity index is 1.87. The van der Waals surface area contributed by atoms with Crippen LogP contribution in [0.3, 0.4) is 0 Å². The first-order valence-corrected chi connectivity index (χ1v) is 9.13. The Morgan fingerprint density at radius 1 is 1.00 bits per heavy atom. The average molecular weight is 345 g/mol. The second kappa shape index (κ2) is 6.45. The molecular weight excluding hydrogens is 322 g/mol. The van der Waals surface area contributed by atoms with E-state index in [0.29, 0.717) is 5.69 Å². The number of amides is 1. The van der Waals surface area contributed by atoms with Gasteiger partial charge < -0.3 is 4.90 Å². The quantitative estimate of drug-likeness (QED) is 0.748. The number of hydrogen-bond acceptors (Lipinski definition) is 2. The molecule has 1 atom stereocenters. The molecule has 132 valence electrons. The Bertz CT molecular complexity index is 939. The zero-order valence-electron chi connectivity index (χ0n) is 15.4. The van der Waals surface area contributed by atoms with Gasteiger partial charge in [0.15, 0.2) is 0 Å². The van der Waals surface area contributed by atoms with Crippen LogP contribution in [-0.4, -0.2) is 27.5 Å². The molecule has 2 heterocycles. The fraction of sp³-hybridized carbons (Fsp3) is 0.273. The van der Waals surface area contributed by atoms with Gasteiger partial charge in [-0.3, -0.25) is 9.89 Å². The molecule has 1 aliphatic heterocycles. The largest absolute Gasteiger partial charge is 0.326 e. The van der Waals surface area contributed by atoms with E-state index in [9.17, 15) is 4.79 Å². The molecule has 2 aromatic carbocycles. The van der Waals surface area contributed by atoms with Crippen LogP contribution < -0.4 is 0 Å². The highest BCUT2D eigenvalue weighted by atomic mass is 16.2. The van der Waals surface area contributed by atoms with Crippen LogP contribution in [0, 0.1) is 13.8 Å². The Labute approximate surface area is 153 Å². The van der Waals surface area contributed by atoms with E-state index in [4.69, 9.17) is 0 Å². The minimum atomic E-state index is -0.0897. The second-order valence-corrected chi connectivity index (χ2v) is 7.04. The van der Waals surface area contributed by atoms with Crippen LogP contribution in [0.15, 0.2) is 48.5 Å². The van der Waals surface area contributed by atoms with Gasteiger partial charge in [0.2, 0.25) is 0 Å². The van der Waals surface area contributed by atoms with Crippen LogP contribution in [0.5, 0.6) is 0 Å². The van der Waals surface area contributed by atoms with Crippen LogP contribution in [0.1, 0.15) is 52.1 Å². The predicted octanol–water partition coefficient (Wildman–Crippen LogP) is 4.65. The third-order valence-corrected chi connectivity index (χ3v) is 5.05. The maximum Gasteiger partial charge on any atom is 0.273 e. The first-order chi connectivity index (χ1) is 12.6. The molecule has 1 aromatic heterocycles. The Morgan fingerprint density at radius 3 is 2.23 bits per heavy atom. The molecule has 0 radical (unpaired) electrons. The topological polar surface area (TPSA) is 49.0 Å². The Kier molecular flexibility index (Phi) is 4.11. The number of aromatic nitrogens is 2. The summed E-state index contributed by atoms with van der Waals surface area (Å²) in [7, 11) is 0. The minimum absolute atomic E-state index is 0.0401. The van der Waals surface area contributed by atoms with E-state index in [1.54, 1.807) is 0 Å². The molecule has 0 saturated carbocycles. The number of aryl methyl sites for hydroxylation is 2. The van der Waals surface area contributed by atoms with Crippen LogP contribution in [0.4, 0.5) is 0 Å². The van der Waals surface area contributed by atoms with Crippen LogP contribution in [0.2, 0.25) is 0 Å². The predicted molar refractivity (Wildman–Crippen MR) is 103 cm³/mol. The SMILES string of the molecule is CCCN1C(=O)c2[nH]nc(-c3ccc(C)cc3)c2C1c1ccc(C)cc1. The number of benzene rings is 2. The zero-order chi connectivity index (χ0) is 18.3. The number of aromatic amines is 1. The van der Waals surface area contributed by atoms with Crippen molar-refractivity contribution >= 4 is 5.91 Å². The van der Waals surface area contributed by atoms with Crippen molar-refractivity contribution in [1.82, 2.24) is 15.1 Å². The number of rotatable bonds is 4. The molecule has 0 fully saturated rings. The van der Waals surface area contributed by atoms with Crippen molar-refractivity contribution in [3.63, 3.8) is 0 Å². The van der Waals surface area contributed by atoms with E-state index in [1.165, 1.54) is 11.1 Å². The number of nitrogens with one attached hydrogen (secondary N) is 1. The number of H-pyrrole nitrogens is 1. The van der Waals surface area contributed by atoms with Gasteiger partial charge in [0.1, 0.15) is 5.69 Å². The summed E-state index contributed by atoms with van der Waals surface area (Å²) in [4.78, 5) is 15.0. The third kappa shape index (κ3) is 2.62. The summed E-state index contributed by atoms with van der Waals surface area (Å²) in [6.07, 6.45) is 0.922. The second-order valence-electron chi connectivity index (χ2n) is 7.04. The lowest BCUT2D eigenvalue weighted by Gasteiger charge is -2.26. The lowest BCUT2D eigenvalue weighted by atomic mass is 9.95. The summed E-state index contributed by atoms with van der Waals surface area (Å²) in [6, 6.07) is 16.7. The molecule has 4 rings (SSSR count). The number of carbonyl (C=O) groups excluding carboxylic acids is 1. The van der Waals surface area contributed by atoms with E-state index in [-0.39, 0.29) is 11.9 Å². The minimum Gasteiger partial charge on any atom is -0.326 e. The van der Waals surface area contributed by atoms with Crippen LogP contribution in [0.25, 0.3) is 11.3 Å². The smallest absolute Gasteiger partial charge is 0.273 e. The zero-order valence-corrected chi connectivity index (χ0v) is 15.4. The summed E-state index contributed by atoms with van der Waals surface area (Å²) < 4.78 is 0. The fourth-order valence-electron chi connectivity index (χ4n) is 3.69. The van der Waals surface area contributed by atoms with Gasteiger partial charge in [-0.05, 0) is 25.8 Å². The number of nitrogens with zero attached hydrogens (tertiary/aromatic N) is 2. The maximum atomic E-state index is 13.0. The van der Waals surface area contributed by atoms with E-state index in [2.05, 4.69) is 79.5 Å². The van der Waals surface area contributed by atoms with E-state index < -0.39 is 0 Å². The highest BCUT2D eigenvalue weighted by molar-refractivity contribution is 6.00. The van der Waals surface area contributed by atoms with Crippen molar-refractivity contribution in [3.8, 4) is 11.3 Å². The molecular formula is C22H23N3O. The normalized spacial score (nSPS) is 16.2. The molecule has 4 heteroatoms. The summed E-state index contributed by atoms with van der Waals surface area (Å²) in [5.74, 6) is 0.0401. The van der Waals surface area contributed by atoms with Gasteiger partial charge in [0.25, 0.3) is 5.91 Å². The van der Waals surface area contributed by atoms with Crippen molar-refractivity contribution in [2.24, 2.45) is 0 Å². The molecule has 1 aliphatic rings. The Morgan fingerprint density at radius 2 is 1.62 bits per heavy atom. The van der Waals surface area contributed by atoms with Gasteiger partial charge >= 0.3 is 0 Å². The number of carbonyl (C=O) groups is 1. The van der Waals surface area contributed by atoms with Crippen LogP contribution >= 0.6 is 0 Å². The molecule has 1 amide bonds. The van der Waals surface area contributed by atoms with Crippen molar-refractivity contribution in [3.05, 3.63) is 76.5 Å². The van der Waals surface area contributed by atoms with Gasteiger partial charge in [0, 0.05) is 17.7 Å². The lowest BCUT2D eigenvalue weighted by molar-refractivity contribution is 0.0744. The van der Waals surface area contributed by atoms with Gasteiger partial charge in [0.05, 0.1) is 11.7 Å². The van der Waals surface area contributed by atoms with Crippen molar-refractivity contribution in [2.45, 2.75) is 33.2 Å². The summed E-state index contributed by atoms with van der Waals surface area (Å²) in [5.41, 5.74) is 7.08.